The van der Waals surface area contributed by atoms with Crippen molar-refractivity contribution in [3.8, 4) is 0 Å². The first kappa shape index (κ1) is 18.1. The van der Waals surface area contributed by atoms with E-state index < -0.39 is 10.0 Å². The third kappa shape index (κ3) is 4.27. The van der Waals surface area contributed by atoms with Crippen LogP contribution in [0.5, 0.6) is 0 Å². The van der Waals surface area contributed by atoms with Crippen molar-refractivity contribution in [2.45, 2.75) is 37.5 Å². The molecule has 25 heavy (non-hydrogen) atoms. The van der Waals surface area contributed by atoms with E-state index in [1.807, 2.05) is 0 Å². The highest BCUT2D eigenvalue weighted by atomic mass is 32.2. The summed E-state index contributed by atoms with van der Waals surface area (Å²) in [4.78, 5) is 23.6. The predicted molar refractivity (Wildman–Crippen MR) is 93.7 cm³/mol. The summed E-state index contributed by atoms with van der Waals surface area (Å²) in [5.74, 6) is 0.490. The number of amides is 1. The van der Waals surface area contributed by atoms with Gasteiger partial charge in [-0.05, 0) is 50.7 Å². The van der Waals surface area contributed by atoms with Crippen molar-refractivity contribution in [1.29, 1.82) is 0 Å². The highest BCUT2D eigenvalue weighted by Gasteiger charge is 2.32. The topological polar surface area (TPSA) is 83.6 Å². The van der Waals surface area contributed by atoms with Crippen LogP contribution in [0.3, 0.4) is 0 Å². The zero-order chi connectivity index (χ0) is 18.0. The minimum atomic E-state index is -3.58. The van der Waals surface area contributed by atoms with Crippen LogP contribution in [0.25, 0.3) is 0 Å². The van der Waals surface area contributed by atoms with Gasteiger partial charge < -0.3 is 5.32 Å². The molecule has 0 unspecified atom stereocenters. The third-order valence-corrected chi connectivity index (χ3v) is 6.90. The van der Waals surface area contributed by atoms with Gasteiger partial charge in [0.05, 0.1) is 4.90 Å². The number of rotatable bonds is 6. The number of piperidine rings is 1. The number of carbonyl (C=O) groups excluding carboxylic acids is 2. The van der Waals surface area contributed by atoms with E-state index in [1.165, 1.54) is 48.3 Å². The quantitative estimate of drug-likeness (QED) is 0.781. The summed E-state index contributed by atoms with van der Waals surface area (Å²) in [5, 5.41) is 2.98. The third-order valence-electron chi connectivity index (χ3n) is 4.99. The maximum absolute atomic E-state index is 12.7. The SMILES string of the molecule is CC(=O)c1ccc(S(=O)(=O)N2CCC(C(=O)NCC3CC3)CC2)cc1. The van der Waals surface area contributed by atoms with E-state index in [2.05, 4.69) is 5.32 Å². The summed E-state index contributed by atoms with van der Waals surface area (Å²) < 4.78 is 26.8. The molecule has 1 N–H and O–H groups in total. The molecule has 1 aromatic carbocycles. The number of ketones is 1. The van der Waals surface area contributed by atoms with E-state index >= 15 is 0 Å². The largest absolute Gasteiger partial charge is 0.356 e. The normalized spacial score (nSPS) is 19.6. The number of carbonyl (C=O) groups is 2. The molecular weight excluding hydrogens is 340 g/mol. The number of sulfonamides is 1. The van der Waals surface area contributed by atoms with E-state index in [9.17, 15) is 18.0 Å². The van der Waals surface area contributed by atoms with Crippen molar-refractivity contribution in [3.05, 3.63) is 29.8 Å². The molecule has 1 aliphatic heterocycles. The molecule has 0 bridgehead atoms. The summed E-state index contributed by atoms with van der Waals surface area (Å²) in [6, 6.07) is 6.02. The molecule has 1 amide bonds. The molecule has 1 heterocycles. The summed E-state index contributed by atoms with van der Waals surface area (Å²) in [6.07, 6.45) is 3.47. The molecule has 1 saturated heterocycles. The molecule has 2 aliphatic rings. The Kier molecular flexibility index (Phi) is 5.24. The Morgan fingerprint density at radius 3 is 2.20 bits per heavy atom. The second kappa shape index (κ2) is 7.25. The lowest BCUT2D eigenvalue weighted by atomic mass is 9.97. The number of hydrogen-bond donors (Lipinski definition) is 1. The highest BCUT2D eigenvalue weighted by molar-refractivity contribution is 7.89. The lowest BCUT2D eigenvalue weighted by molar-refractivity contribution is -0.126. The molecule has 0 spiro atoms. The van der Waals surface area contributed by atoms with Crippen molar-refractivity contribution in [2.75, 3.05) is 19.6 Å². The summed E-state index contributed by atoms with van der Waals surface area (Å²) in [5.41, 5.74) is 0.491. The average Bonchev–Trinajstić information content (AvgIpc) is 3.44. The van der Waals surface area contributed by atoms with Crippen molar-refractivity contribution in [3.63, 3.8) is 0 Å². The molecule has 2 fully saturated rings. The number of nitrogens with one attached hydrogen (secondary N) is 1. The van der Waals surface area contributed by atoms with Gasteiger partial charge in [0, 0.05) is 31.1 Å². The number of hydrogen-bond acceptors (Lipinski definition) is 4. The molecule has 0 atom stereocenters. The van der Waals surface area contributed by atoms with Crippen LogP contribution < -0.4 is 5.32 Å². The van der Waals surface area contributed by atoms with Crippen LogP contribution in [-0.2, 0) is 14.8 Å². The van der Waals surface area contributed by atoms with Gasteiger partial charge in [0.1, 0.15) is 0 Å². The Bertz CT molecular complexity index is 746. The van der Waals surface area contributed by atoms with Crippen molar-refractivity contribution >= 4 is 21.7 Å². The molecule has 6 nitrogen and oxygen atoms in total. The second-order valence-corrected chi connectivity index (χ2v) is 8.89. The predicted octanol–water partition coefficient (Wildman–Crippen LogP) is 1.82. The van der Waals surface area contributed by atoms with Crippen LogP contribution in [0, 0.1) is 11.8 Å². The highest BCUT2D eigenvalue weighted by Crippen LogP contribution is 2.28. The number of benzene rings is 1. The van der Waals surface area contributed by atoms with Crippen LogP contribution in [0.2, 0.25) is 0 Å². The number of Topliss-reactive ketones (excluding diaryl/α,β-unsaturated/α-hetero) is 1. The Balaban J connectivity index is 1.58. The van der Waals surface area contributed by atoms with E-state index in [0.29, 0.717) is 37.4 Å². The van der Waals surface area contributed by atoms with Gasteiger partial charge >= 0.3 is 0 Å². The molecule has 0 aromatic heterocycles. The van der Waals surface area contributed by atoms with Gasteiger partial charge in [0.2, 0.25) is 15.9 Å². The van der Waals surface area contributed by atoms with E-state index in [-0.39, 0.29) is 22.5 Å². The zero-order valence-electron chi connectivity index (χ0n) is 14.4. The fourth-order valence-corrected chi connectivity index (χ4v) is 4.55. The fourth-order valence-electron chi connectivity index (χ4n) is 3.08. The molecule has 1 aliphatic carbocycles. The molecule has 7 heteroatoms. The Morgan fingerprint density at radius 1 is 1.08 bits per heavy atom. The smallest absolute Gasteiger partial charge is 0.243 e. The van der Waals surface area contributed by atoms with E-state index in [4.69, 9.17) is 0 Å². The molecule has 3 rings (SSSR count). The van der Waals surface area contributed by atoms with Crippen LogP contribution in [-0.4, -0.2) is 44.0 Å². The van der Waals surface area contributed by atoms with Crippen molar-refractivity contribution in [2.24, 2.45) is 11.8 Å². The minimum Gasteiger partial charge on any atom is -0.356 e. The van der Waals surface area contributed by atoms with Crippen LogP contribution in [0.15, 0.2) is 29.2 Å². The summed E-state index contributed by atoms with van der Waals surface area (Å²) in [7, 11) is -3.58. The molecule has 1 saturated carbocycles. The van der Waals surface area contributed by atoms with Gasteiger partial charge in [-0.2, -0.15) is 4.31 Å². The first-order chi connectivity index (χ1) is 11.9. The molecule has 1 aromatic rings. The summed E-state index contributed by atoms with van der Waals surface area (Å²) in [6.45, 7) is 2.89. The summed E-state index contributed by atoms with van der Waals surface area (Å²) >= 11 is 0. The lowest BCUT2D eigenvalue weighted by Crippen LogP contribution is -2.43. The zero-order valence-corrected chi connectivity index (χ0v) is 15.2. The number of nitrogens with zero attached hydrogens (tertiary/aromatic N) is 1. The fraction of sp³-hybridized carbons (Fsp3) is 0.556. The van der Waals surface area contributed by atoms with Gasteiger partial charge in [-0.3, -0.25) is 9.59 Å². The van der Waals surface area contributed by atoms with Gasteiger partial charge in [0.25, 0.3) is 0 Å². The standard InChI is InChI=1S/C18H24N2O4S/c1-13(21)15-4-6-17(7-5-15)25(23,24)20-10-8-16(9-11-20)18(22)19-12-14-2-3-14/h4-7,14,16H,2-3,8-12H2,1H3,(H,19,22). The Morgan fingerprint density at radius 2 is 1.68 bits per heavy atom. The molecular formula is C18H24N2O4S. The first-order valence-electron chi connectivity index (χ1n) is 8.77. The van der Waals surface area contributed by atoms with Crippen LogP contribution >= 0.6 is 0 Å². The maximum atomic E-state index is 12.7. The minimum absolute atomic E-state index is 0.0507. The van der Waals surface area contributed by atoms with Crippen molar-refractivity contribution in [1.82, 2.24) is 9.62 Å². The average molecular weight is 364 g/mol. The van der Waals surface area contributed by atoms with Gasteiger partial charge in [-0.1, -0.05) is 12.1 Å². The van der Waals surface area contributed by atoms with Crippen LogP contribution in [0.4, 0.5) is 0 Å². The second-order valence-electron chi connectivity index (χ2n) is 6.95. The monoisotopic (exact) mass is 364 g/mol. The molecule has 0 radical (unpaired) electrons. The van der Waals surface area contributed by atoms with Crippen molar-refractivity contribution < 1.29 is 18.0 Å². The maximum Gasteiger partial charge on any atom is 0.243 e. The van der Waals surface area contributed by atoms with Gasteiger partial charge in [-0.25, -0.2) is 8.42 Å². The first-order valence-corrected chi connectivity index (χ1v) is 10.2. The van der Waals surface area contributed by atoms with E-state index in [1.54, 1.807) is 0 Å². The van der Waals surface area contributed by atoms with Crippen LogP contribution in [0.1, 0.15) is 43.0 Å². The Hall–Kier alpha value is -1.73. The lowest BCUT2D eigenvalue weighted by Gasteiger charge is -2.30. The van der Waals surface area contributed by atoms with Gasteiger partial charge in [-0.15, -0.1) is 0 Å². The molecule has 136 valence electrons. The van der Waals surface area contributed by atoms with E-state index in [0.717, 1.165) is 6.54 Å². The Labute approximate surface area is 148 Å². The van der Waals surface area contributed by atoms with Gasteiger partial charge in [0.15, 0.2) is 5.78 Å².